The predicted molar refractivity (Wildman–Crippen MR) is 89.9 cm³/mol. The van der Waals surface area contributed by atoms with Crippen molar-refractivity contribution in [1.29, 1.82) is 0 Å². The highest BCUT2D eigenvalue weighted by Crippen LogP contribution is 2.55. The van der Waals surface area contributed by atoms with Crippen LogP contribution in [0.1, 0.15) is 60.9 Å². The SMILES string of the molecule is CCOC1CC(N(C)Cc2nc(C(=O)O)cs2)C12CCCCC2. The summed E-state index contributed by atoms with van der Waals surface area (Å²) in [6.45, 7) is 3.59. The van der Waals surface area contributed by atoms with E-state index in [1.807, 2.05) is 0 Å². The summed E-state index contributed by atoms with van der Waals surface area (Å²) in [6, 6.07) is 0.525. The van der Waals surface area contributed by atoms with E-state index in [2.05, 4.69) is 23.9 Å². The van der Waals surface area contributed by atoms with Gasteiger partial charge in [-0.05, 0) is 33.2 Å². The first-order valence-electron chi connectivity index (χ1n) is 8.56. The Morgan fingerprint density at radius 2 is 2.22 bits per heavy atom. The Morgan fingerprint density at radius 3 is 2.83 bits per heavy atom. The maximum Gasteiger partial charge on any atom is 0.355 e. The lowest BCUT2D eigenvalue weighted by Crippen LogP contribution is -2.64. The molecule has 1 heterocycles. The molecule has 3 rings (SSSR count). The fourth-order valence-corrected chi connectivity index (χ4v) is 5.28. The number of hydrogen-bond donors (Lipinski definition) is 1. The van der Waals surface area contributed by atoms with Gasteiger partial charge in [-0.1, -0.05) is 19.3 Å². The zero-order valence-corrected chi connectivity index (χ0v) is 14.8. The predicted octanol–water partition coefficient (Wildman–Crippen LogP) is 3.40. The number of carbonyl (C=O) groups is 1. The van der Waals surface area contributed by atoms with Crippen LogP contribution in [0.4, 0.5) is 0 Å². The molecule has 5 nitrogen and oxygen atoms in total. The summed E-state index contributed by atoms with van der Waals surface area (Å²) < 4.78 is 6.02. The Morgan fingerprint density at radius 1 is 1.48 bits per heavy atom. The second kappa shape index (κ2) is 6.87. The van der Waals surface area contributed by atoms with Gasteiger partial charge in [0.25, 0.3) is 0 Å². The highest BCUT2D eigenvalue weighted by molar-refractivity contribution is 7.09. The number of ether oxygens (including phenoxy) is 1. The van der Waals surface area contributed by atoms with Gasteiger partial charge >= 0.3 is 5.97 Å². The van der Waals surface area contributed by atoms with Crippen molar-refractivity contribution in [1.82, 2.24) is 9.88 Å². The maximum atomic E-state index is 11.0. The fourth-order valence-electron chi connectivity index (χ4n) is 4.45. The Balaban J connectivity index is 1.68. The number of aromatic carboxylic acids is 1. The number of carboxylic acid groups (broad SMARTS) is 1. The molecule has 128 valence electrons. The number of rotatable bonds is 6. The minimum Gasteiger partial charge on any atom is -0.476 e. The summed E-state index contributed by atoms with van der Waals surface area (Å²) in [5, 5.41) is 11.5. The second-order valence-corrected chi connectivity index (χ2v) is 7.78. The van der Waals surface area contributed by atoms with Crippen LogP contribution < -0.4 is 0 Å². The highest BCUT2D eigenvalue weighted by Gasteiger charge is 2.56. The smallest absolute Gasteiger partial charge is 0.355 e. The molecule has 0 bridgehead atoms. The first-order chi connectivity index (χ1) is 11.1. The van der Waals surface area contributed by atoms with Crippen molar-refractivity contribution in [2.24, 2.45) is 5.41 Å². The molecule has 0 saturated heterocycles. The van der Waals surface area contributed by atoms with Gasteiger partial charge in [0.2, 0.25) is 0 Å². The Hall–Kier alpha value is -0.980. The monoisotopic (exact) mass is 338 g/mol. The molecular formula is C17H26N2O3S. The van der Waals surface area contributed by atoms with Crippen LogP contribution in [0.2, 0.25) is 0 Å². The summed E-state index contributed by atoms with van der Waals surface area (Å²) in [5.74, 6) is -0.945. The fraction of sp³-hybridized carbons (Fsp3) is 0.765. The van der Waals surface area contributed by atoms with Gasteiger partial charge in [-0.15, -0.1) is 11.3 Å². The number of nitrogens with zero attached hydrogens (tertiary/aromatic N) is 2. The van der Waals surface area contributed by atoms with E-state index in [4.69, 9.17) is 9.84 Å². The van der Waals surface area contributed by atoms with E-state index in [1.54, 1.807) is 5.38 Å². The molecule has 1 aromatic heterocycles. The minimum atomic E-state index is -0.945. The number of carboxylic acids is 1. The van der Waals surface area contributed by atoms with Crippen LogP contribution in [0.15, 0.2) is 5.38 Å². The van der Waals surface area contributed by atoms with Gasteiger partial charge in [-0.2, -0.15) is 0 Å². The molecule has 2 saturated carbocycles. The minimum absolute atomic E-state index is 0.159. The zero-order chi connectivity index (χ0) is 16.4. The highest BCUT2D eigenvalue weighted by atomic mass is 32.1. The average Bonchev–Trinajstić information content (AvgIpc) is 3.00. The summed E-state index contributed by atoms with van der Waals surface area (Å²) in [5.41, 5.74) is 0.460. The Bertz CT molecular complexity index is 554. The van der Waals surface area contributed by atoms with Crippen molar-refractivity contribution in [3.05, 3.63) is 16.1 Å². The van der Waals surface area contributed by atoms with Gasteiger partial charge in [-0.3, -0.25) is 4.90 Å². The lowest BCUT2D eigenvalue weighted by Gasteiger charge is -2.60. The first kappa shape index (κ1) is 16.9. The number of thiazole rings is 1. The molecule has 0 aromatic carbocycles. The van der Waals surface area contributed by atoms with Crippen LogP contribution in [-0.4, -0.2) is 46.8 Å². The van der Waals surface area contributed by atoms with E-state index >= 15 is 0 Å². The van der Waals surface area contributed by atoms with Crippen molar-refractivity contribution in [3.8, 4) is 0 Å². The lowest BCUT2D eigenvalue weighted by molar-refractivity contribution is -0.180. The lowest BCUT2D eigenvalue weighted by atomic mass is 9.54. The molecule has 2 aliphatic rings. The normalized spacial score (nSPS) is 26.4. The molecule has 2 unspecified atom stereocenters. The third-order valence-corrected chi connectivity index (χ3v) is 6.42. The van der Waals surface area contributed by atoms with Crippen molar-refractivity contribution in [2.75, 3.05) is 13.7 Å². The van der Waals surface area contributed by atoms with E-state index in [0.29, 0.717) is 17.6 Å². The van der Waals surface area contributed by atoms with Crippen molar-refractivity contribution >= 4 is 17.3 Å². The van der Waals surface area contributed by atoms with Gasteiger partial charge in [-0.25, -0.2) is 9.78 Å². The maximum absolute atomic E-state index is 11.0. The van der Waals surface area contributed by atoms with E-state index in [0.717, 1.165) is 24.6 Å². The van der Waals surface area contributed by atoms with E-state index in [1.165, 1.54) is 43.4 Å². The molecule has 0 amide bonds. The molecule has 0 radical (unpaired) electrons. The Kier molecular flexibility index (Phi) is 5.04. The molecule has 1 N–H and O–H groups in total. The zero-order valence-electron chi connectivity index (χ0n) is 14.0. The first-order valence-corrected chi connectivity index (χ1v) is 9.44. The second-order valence-electron chi connectivity index (χ2n) is 6.84. The average molecular weight is 338 g/mol. The molecule has 0 aliphatic heterocycles. The van der Waals surface area contributed by atoms with Gasteiger partial charge in [0.15, 0.2) is 5.69 Å². The van der Waals surface area contributed by atoms with Crippen LogP contribution in [0.3, 0.4) is 0 Å². The van der Waals surface area contributed by atoms with Gasteiger partial charge < -0.3 is 9.84 Å². The summed E-state index contributed by atoms with van der Waals surface area (Å²) in [6.07, 6.45) is 7.93. The number of hydrogen-bond acceptors (Lipinski definition) is 5. The molecular weight excluding hydrogens is 312 g/mol. The molecule has 1 spiro atoms. The summed E-state index contributed by atoms with van der Waals surface area (Å²) >= 11 is 1.44. The quantitative estimate of drug-likeness (QED) is 0.861. The van der Waals surface area contributed by atoms with Gasteiger partial charge in [0, 0.05) is 23.4 Å². The summed E-state index contributed by atoms with van der Waals surface area (Å²) in [7, 11) is 2.14. The van der Waals surface area contributed by atoms with Crippen LogP contribution in [0.5, 0.6) is 0 Å². The molecule has 2 fully saturated rings. The van der Waals surface area contributed by atoms with Gasteiger partial charge in [0.05, 0.1) is 12.6 Å². The third kappa shape index (κ3) is 3.16. The number of aromatic nitrogens is 1. The Labute approximate surface area is 141 Å². The topological polar surface area (TPSA) is 62.7 Å². The van der Waals surface area contributed by atoms with Gasteiger partial charge in [0.1, 0.15) is 5.01 Å². The van der Waals surface area contributed by atoms with E-state index < -0.39 is 5.97 Å². The molecule has 6 heteroatoms. The molecule has 2 atom stereocenters. The molecule has 23 heavy (non-hydrogen) atoms. The van der Waals surface area contributed by atoms with E-state index in [-0.39, 0.29) is 5.69 Å². The summed E-state index contributed by atoms with van der Waals surface area (Å²) in [4.78, 5) is 17.6. The van der Waals surface area contributed by atoms with Crippen molar-refractivity contribution in [3.63, 3.8) is 0 Å². The standard InChI is InChI=1S/C17H26N2O3S/c1-3-22-14-9-13(17(14)7-5-4-6-8-17)19(2)10-15-18-12(11-23-15)16(20)21/h11,13-14H,3-10H2,1-2H3,(H,20,21). The van der Waals surface area contributed by atoms with Crippen molar-refractivity contribution < 1.29 is 14.6 Å². The third-order valence-electron chi connectivity index (χ3n) is 5.58. The van der Waals surface area contributed by atoms with Crippen LogP contribution in [0, 0.1) is 5.41 Å². The molecule has 2 aliphatic carbocycles. The molecule has 1 aromatic rings. The van der Waals surface area contributed by atoms with Crippen molar-refractivity contribution in [2.45, 2.75) is 64.1 Å². The van der Waals surface area contributed by atoms with Crippen LogP contribution >= 0.6 is 11.3 Å². The van der Waals surface area contributed by atoms with E-state index in [9.17, 15) is 4.79 Å². The largest absolute Gasteiger partial charge is 0.476 e. The van der Waals surface area contributed by atoms with Crippen LogP contribution in [0.25, 0.3) is 0 Å². The van der Waals surface area contributed by atoms with Crippen LogP contribution in [-0.2, 0) is 11.3 Å².